The molecule has 0 saturated heterocycles. The maximum atomic E-state index is 12.9. The average Bonchev–Trinajstić information content (AvgIpc) is 2.75. The summed E-state index contributed by atoms with van der Waals surface area (Å²) >= 11 is 0. The molecule has 0 atom stereocenters. The standard InChI is InChI=1S/C24H25N3O4S/c1-16-5-13-22(14-6-16)32(30,31)27(4)21-11-8-19(9-12-21)24(29)26-23-15-20(25-18(3)28)10-7-17(23)2/h5-15H,1-4H3,(H,25,28)(H,26,29). The zero-order valence-electron chi connectivity index (χ0n) is 18.3. The number of anilines is 3. The van der Waals surface area contributed by atoms with E-state index in [1.54, 1.807) is 66.7 Å². The fraction of sp³-hybridized carbons (Fsp3) is 0.167. The van der Waals surface area contributed by atoms with Crippen LogP contribution in [0.15, 0.2) is 71.6 Å². The lowest BCUT2D eigenvalue weighted by Crippen LogP contribution is -2.26. The predicted molar refractivity (Wildman–Crippen MR) is 127 cm³/mol. The summed E-state index contributed by atoms with van der Waals surface area (Å²) < 4.78 is 26.9. The molecule has 0 saturated carbocycles. The summed E-state index contributed by atoms with van der Waals surface area (Å²) in [6.45, 7) is 5.15. The molecule has 0 aliphatic heterocycles. The number of rotatable bonds is 6. The van der Waals surface area contributed by atoms with Gasteiger partial charge in [-0.05, 0) is 67.9 Å². The molecule has 8 heteroatoms. The van der Waals surface area contributed by atoms with Crippen LogP contribution < -0.4 is 14.9 Å². The van der Waals surface area contributed by atoms with Crippen LogP contribution >= 0.6 is 0 Å². The Morgan fingerprint density at radius 1 is 0.844 bits per heavy atom. The number of carbonyl (C=O) groups is 2. The molecule has 3 rings (SSSR count). The molecular weight excluding hydrogens is 426 g/mol. The van der Waals surface area contributed by atoms with E-state index < -0.39 is 10.0 Å². The monoisotopic (exact) mass is 451 g/mol. The van der Waals surface area contributed by atoms with Crippen LogP contribution in [0.4, 0.5) is 17.1 Å². The van der Waals surface area contributed by atoms with Crippen LogP contribution in [-0.2, 0) is 14.8 Å². The van der Waals surface area contributed by atoms with Gasteiger partial charge in [0.25, 0.3) is 15.9 Å². The van der Waals surface area contributed by atoms with Crippen LogP contribution in [0.5, 0.6) is 0 Å². The van der Waals surface area contributed by atoms with Crippen LogP contribution in [-0.4, -0.2) is 27.3 Å². The van der Waals surface area contributed by atoms with Crippen LogP contribution in [0, 0.1) is 13.8 Å². The molecule has 0 heterocycles. The molecule has 32 heavy (non-hydrogen) atoms. The molecule has 3 aromatic carbocycles. The lowest BCUT2D eigenvalue weighted by molar-refractivity contribution is -0.114. The van der Waals surface area contributed by atoms with Crippen LogP contribution in [0.25, 0.3) is 0 Å². The van der Waals surface area contributed by atoms with E-state index in [0.717, 1.165) is 11.1 Å². The minimum atomic E-state index is -3.71. The number of carbonyl (C=O) groups excluding carboxylic acids is 2. The number of hydrogen-bond acceptors (Lipinski definition) is 4. The van der Waals surface area contributed by atoms with Crippen LogP contribution in [0.1, 0.15) is 28.4 Å². The molecule has 0 radical (unpaired) electrons. The first kappa shape index (κ1) is 23.0. The number of amides is 2. The third-order valence-electron chi connectivity index (χ3n) is 4.98. The molecule has 2 amide bonds. The zero-order chi connectivity index (χ0) is 23.5. The van der Waals surface area contributed by atoms with Crippen molar-refractivity contribution in [3.8, 4) is 0 Å². The number of hydrogen-bond donors (Lipinski definition) is 2. The van der Waals surface area contributed by atoms with E-state index in [2.05, 4.69) is 10.6 Å². The van der Waals surface area contributed by atoms with Gasteiger partial charge in [0.2, 0.25) is 5.91 Å². The van der Waals surface area contributed by atoms with Gasteiger partial charge >= 0.3 is 0 Å². The summed E-state index contributed by atoms with van der Waals surface area (Å²) in [6.07, 6.45) is 0. The third-order valence-corrected chi connectivity index (χ3v) is 6.78. The fourth-order valence-corrected chi connectivity index (χ4v) is 4.26. The zero-order valence-corrected chi connectivity index (χ0v) is 19.2. The lowest BCUT2D eigenvalue weighted by Gasteiger charge is -2.20. The molecule has 0 aromatic heterocycles. The first-order chi connectivity index (χ1) is 15.1. The molecule has 0 unspecified atom stereocenters. The highest BCUT2D eigenvalue weighted by Crippen LogP contribution is 2.24. The van der Waals surface area contributed by atoms with Gasteiger partial charge in [-0.15, -0.1) is 0 Å². The minimum absolute atomic E-state index is 0.196. The van der Waals surface area contributed by atoms with Gasteiger partial charge in [-0.1, -0.05) is 23.8 Å². The molecule has 166 valence electrons. The highest BCUT2D eigenvalue weighted by atomic mass is 32.2. The van der Waals surface area contributed by atoms with E-state index in [1.165, 1.54) is 18.3 Å². The summed E-state index contributed by atoms with van der Waals surface area (Å²) in [5.74, 6) is -0.546. The fourth-order valence-electron chi connectivity index (χ4n) is 3.06. The Balaban J connectivity index is 1.77. The Hall–Kier alpha value is -3.65. The van der Waals surface area contributed by atoms with Gasteiger partial charge in [0.1, 0.15) is 0 Å². The summed E-state index contributed by atoms with van der Waals surface area (Å²) in [4.78, 5) is 24.2. The minimum Gasteiger partial charge on any atom is -0.326 e. The quantitative estimate of drug-likeness (QED) is 0.583. The molecule has 0 spiro atoms. The van der Waals surface area contributed by atoms with Crippen molar-refractivity contribution in [3.63, 3.8) is 0 Å². The molecule has 7 nitrogen and oxygen atoms in total. The van der Waals surface area contributed by atoms with Gasteiger partial charge in [-0.3, -0.25) is 13.9 Å². The largest absolute Gasteiger partial charge is 0.326 e. The summed E-state index contributed by atoms with van der Waals surface area (Å²) in [5.41, 5.74) is 3.78. The Morgan fingerprint density at radius 2 is 1.47 bits per heavy atom. The summed E-state index contributed by atoms with van der Waals surface area (Å²) in [7, 11) is -2.24. The second-order valence-corrected chi connectivity index (χ2v) is 9.47. The Bertz CT molecular complexity index is 1250. The highest BCUT2D eigenvalue weighted by Gasteiger charge is 2.21. The molecule has 0 aliphatic rings. The van der Waals surface area contributed by atoms with Gasteiger partial charge < -0.3 is 10.6 Å². The van der Waals surface area contributed by atoms with Gasteiger partial charge in [-0.2, -0.15) is 0 Å². The predicted octanol–water partition coefficient (Wildman–Crippen LogP) is 4.34. The Kier molecular flexibility index (Phi) is 6.64. The molecule has 0 bridgehead atoms. The lowest BCUT2D eigenvalue weighted by atomic mass is 10.1. The van der Waals surface area contributed by atoms with Crippen molar-refractivity contribution in [2.24, 2.45) is 0 Å². The average molecular weight is 452 g/mol. The number of aryl methyl sites for hydroxylation is 2. The van der Waals surface area contributed by atoms with Gasteiger partial charge in [0.05, 0.1) is 10.6 Å². The van der Waals surface area contributed by atoms with E-state index >= 15 is 0 Å². The normalized spacial score (nSPS) is 11.0. The maximum absolute atomic E-state index is 12.9. The molecule has 0 aliphatic carbocycles. The third kappa shape index (κ3) is 5.15. The molecule has 0 fully saturated rings. The smallest absolute Gasteiger partial charge is 0.264 e. The van der Waals surface area contributed by atoms with Crippen molar-refractivity contribution < 1.29 is 18.0 Å². The highest BCUT2D eigenvalue weighted by molar-refractivity contribution is 7.92. The SMILES string of the molecule is CC(=O)Nc1ccc(C)c(NC(=O)c2ccc(N(C)S(=O)(=O)c3ccc(C)cc3)cc2)c1. The molecule has 2 N–H and O–H groups in total. The maximum Gasteiger partial charge on any atom is 0.264 e. The number of nitrogens with zero attached hydrogens (tertiary/aromatic N) is 1. The summed E-state index contributed by atoms with van der Waals surface area (Å²) in [5, 5.41) is 5.51. The van der Waals surface area contributed by atoms with Crippen molar-refractivity contribution in [2.45, 2.75) is 25.7 Å². The van der Waals surface area contributed by atoms with Gasteiger partial charge in [0.15, 0.2) is 0 Å². The number of sulfonamides is 1. The van der Waals surface area contributed by atoms with Crippen molar-refractivity contribution in [1.82, 2.24) is 0 Å². The first-order valence-corrected chi connectivity index (χ1v) is 11.4. The van der Waals surface area contributed by atoms with Crippen LogP contribution in [0.3, 0.4) is 0 Å². The van der Waals surface area contributed by atoms with Crippen molar-refractivity contribution in [1.29, 1.82) is 0 Å². The van der Waals surface area contributed by atoms with Crippen LogP contribution in [0.2, 0.25) is 0 Å². The Labute approximate surface area is 188 Å². The molecule has 3 aromatic rings. The van der Waals surface area contributed by atoms with E-state index in [-0.39, 0.29) is 16.7 Å². The summed E-state index contributed by atoms with van der Waals surface area (Å²) in [6, 6.07) is 18.2. The van der Waals surface area contributed by atoms with Crippen molar-refractivity contribution >= 4 is 38.9 Å². The molecular formula is C24H25N3O4S. The Morgan fingerprint density at radius 3 is 2.06 bits per heavy atom. The van der Waals surface area contributed by atoms with Gasteiger partial charge in [0, 0.05) is 30.9 Å². The van der Waals surface area contributed by atoms with Gasteiger partial charge in [-0.25, -0.2) is 8.42 Å². The number of nitrogens with one attached hydrogen (secondary N) is 2. The topological polar surface area (TPSA) is 95.6 Å². The van der Waals surface area contributed by atoms with E-state index in [4.69, 9.17) is 0 Å². The van der Waals surface area contributed by atoms with Crippen molar-refractivity contribution in [2.75, 3.05) is 22.0 Å². The van der Waals surface area contributed by atoms with E-state index in [9.17, 15) is 18.0 Å². The van der Waals surface area contributed by atoms with E-state index in [0.29, 0.717) is 22.6 Å². The van der Waals surface area contributed by atoms with Crippen molar-refractivity contribution in [3.05, 3.63) is 83.4 Å². The second-order valence-electron chi connectivity index (χ2n) is 7.50. The van der Waals surface area contributed by atoms with E-state index in [1.807, 2.05) is 13.8 Å². The second kappa shape index (κ2) is 9.23. The first-order valence-electron chi connectivity index (χ1n) is 9.93. The number of benzene rings is 3.